The Balaban J connectivity index is 1.64. The second-order valence-electron chi connectivity index (χ2n) is 6.36. The van der Waals surface area contributed by atoms with Gasteiger partial charge in [0.25, 0.3) is 5.91 Å². The van der Waals surface area contributed by atoms with Crippen molar-refractivity contribution in [1.29, 1.82) is 0 Å². The summed E-state index contributed by atoms with van der Waals surface area (Å²) in [4.78, 5) is 19.4. The summed E-state index contributed by atoms with van der Waals surface area (Å²) >= 11 is 0. The van der Waals surface area contributed by atoms with E-state index in [1.807, 2.05) is 40.8 Å². The number of ether oxygens (including phenoxy) is 1. The second kappa shape index (κ2) is 5.39. The molecule has 116 valence electrons. The summed E-state index contributed by atoms with van der Waals surface area (Å²) in [5.41, 5.74) is 2.52. The number of pyridine rings is 1. The number of carbonyl (C=O) groups is 1. The van der Waals surface area contributed by atoms with E-state index < -0.39 is 0 Å². The highest BCUT2D eigenvalue weighted by Crippen LogP contribution is 2.29. The quantitative estimate of drug-likeness (QED) is 0.812. The van der Waals surface area contributed by atoms with Gasteiger partial charge in [-0.2, -0.15) is 0 Å². The summed E-state index contributed by atoms with van der Waals surface area (Å²) in [5.74, 6) is 0.0431. The Labute approximate surface area is 129 Å². The molecule has 0 N–H and O–H groups in total. The first-order valence-electron chi connectivity index (χ1n) is 8.10. The van der Waals surface area contributed by atoms with Crippen molar-refractivity contribution in [2.24, 2.45) is 0 Å². The number of hydrogen-bond acceptors (Lipinski definition) is 3. The topological polar surface area (TPSA) is 46.8 Å². The molecular weight excluding hydrogens is 278 g/mol. The molecule has 0 unspecified atom stereocenters. The maximum Gasteiger partial charge on any atom is 0.274 e. The lowest BCUT2D eigenvalue weighted by molar-refractivity contribution is -0.0754. The smallest absolute Gasteiger partial charge is 0.274 e. The van der Waals surface area contributed by atoms with Crippen LogP contribution in [0.15, 0.2) is 24.5 Å². The lowest BCUT2D eigenvalue weighted by atomic mass is 9.90. The van der Waals surface area contributed by atoms with Crippen molar-refractivity contribution in [3.05, 3.63) is 35.8 Å². The number of amides is 1. The summed E-state index contributed by atoms with van der Waals surface area (Å²) in [6.07, 6.45) is 8.50. The number of aromatic nitrogens is 2. The molecule has 1 saturated carbocycles. The highest BCUT2D eigenvalue weighted by Gasteiger charge is 2.37. The molecule has 2 aliphatic rings. The standard InChI is InChI=1S/C17H21N3O2/c1-12-6-7-19-11-13(18-16(19)10-12)17(21)20-8-9-22-15-5-3-2-4-14(15)20/h6-7,10-11,14-15H,2-5,8-9H2,1H3/t14-,15+/m1/s1. The van der Waals surface area contributed by atoms with Crippen molar-refractivity contribution in [3.8, 4) is 0 Å². The first kappa shape index (κ1) is 13.8. The maximum atomic E-state index is 12.9. The normalized spacial score (nSPS) is 25.2. The van der Waals surface area contributed by atoms with E-state index in [9.17, 15) is 4.79 Å². The van der Waals surface area contributed by atoms with E-state index in [0.717, 1.165) is 24.1 Å². The zero-order valence-corrected chi connectivity index (χ0v) is 12.9. The summed E-state index contributed by atoms with van der Waals surface area (Å²) in [5, 5.41) is 0. The molecule has 0 bridgehead atoms. The molecule has 2 atom stereocenters. The fraction of sp³-hybridized carbons (Fsp3) is 0.529. The third-order valence-electron chi connectivity index (χ3n) is 4.83. The van der Waals surface area contributed by atoms with E-state index in [4.69, 9.17) is 4.74 Å². The Morgan fingerprint density at radius 3 is 3.14 bits per heavy atom. The first-order chi connectivity index (χ1) is 10.7. The number of nitrogens with zero attached hydrogens (tertiary/aromatic N) is 3. The number of imidazole rings is 1. The van der Waals surface area contributed by atoms with Gasteiger partial charge in [-0.25, -0.2) is 4.98 Å². The van der Waals surface area contributed by atoms with Gasteiger partial charge in [-0.05, 0) is 37.5 Å². The number of morpholine rings is 1. The van der Waals surface area contributed by atoms with Crippen LogP contribution >= 0.6 is 0 Å². The van der Waals surface area contributed by atoms with E-state index in [1.54, 1.807) is 0 Å². The summed E-state index contributed by atoms with van der Waals surface area (Å²) in [6, 6.07) is 4.25. The zero-order valence-electron chi connectivity index (χ0n) is 12.9. The predicted octanol–water partition coefficient (Wildman–Crippen LogP) is 2.43. The lowest BCUT2D eigenvalue weighted by Crippen LogP contribution is -2.54. The van der Waals surface area contributed by atoms with Gasteiger partial charge in [0.2, 0.25) is 0 Å². The van der Waals surface area contributed by atoms with E-state index in [0.29, 0.717) is 18.8 Å². The molecular formula is C17H21N3O2. The van der Waals surface area contributed by atoms with Gasteiger partial charge < -0.3 is 14.0 Å². The van der Waals surface area contributed by atoms with Crippen LogP contribution in [0.4, 0.5) is 0 Å². The first-order valence-corrected chi connectivity index (χ1v) is 8.10. The van der Waals surface area contributed by atoms with Crippen molar-refractivity contribution in [3.63, 3.8) is 0 Å². The van der Waals surface area contributed by atoms with Gasteiger partial charge in [0, 0.05) is 18.9 Å². The second-order valence-corrected chi connectivity index (χ2v) is 6.36. The van der Waals surface area contributed by atoms with Gasteiger partial charge >= 0.3 is 0 Å². The molecule has 1 aliphatic carbocycles. The zero-order chi connectivity index (χ0) is 15.1. The van der Waals surface area contributed by atoms with Gasteiger partial charge in [-0.15, -0.1) is 0 Å². The van der Waals surface area contributed by atoms with Crippen LogP contribution < -0.4 is 0 Å². The summed E-state index contributed by atoms with van der Waals surface area (Å²) in [6.45, 7) is 3.34. The van der Waals surface area contributed by atoms with Crippen molar-refractivity contribution in [1.82, 2.24) is 14.3 Å². The monoisotopic (exact) mass is 299 g/mol. The van der Waals surface area contributed by atoms with Crippen molar-refractivity contribution in [2.75, 3.05) is 13.2 Å². The Morgan fingerprint density at radius 1 is 1.36 bits per heavy atom. The minimum atomic E-state index is 0.0431. The molecule has 3 heterocycles. The Kier molecular flexibility index (Phi) is 3.37. The number of hydrogen-bond donors (Lipinski definition) is 0. The van der Waals surface area contributed by atoms with Crippen LogP contribution in [0.5, 0.6) is 0 Å². The minimum Gasteiger partial charge on any atom is -0.374 e. The van der Waals surface area contributed by atoms with Gasteiger partial charge in [0.15, 0.2) is 0 Å². The number of carbonyl (C=O) groups excluding carboxylic acids is 1. The summed E-state index contributed by atoms with van der Waals surface area (Å²) < 4.78 is 7.77. The molecule has 1 saturated heterocycles. The molecule has 0 aromatic carbocycles. The molecule has 0 spiro atoms. The fourth-order valence-corrected chi connectivity index (χ4v) is 3.68. The molecule has 5 heteroatoms. The van der Waals surface area contributed by atoms with Crippen molar-refractivity contribution < 1.29 is 9.53 Å². The molecule has 2 aromatic rings. The number of aryl methyl sites for hydroxylation is 1. The molecule has 0 radical (unpaired) electrons. The van der Waals surface area contributed by atoms with Crippen LogP contribution in [0.25, 0.3) is 5.65 Å². The average molecular weight is 299 g/mol. The molecule has 5 nitrogen and oxygen atoms in total. The van der Waals surface area contributed by atoms with E-state index >= 15 is 0 Å². The number of rotatable bonds is 1. The van der Waals surface area contributed by atoms with E-state index in [1.165, 1.54) is 12.8 Å². The molecule has 22 heavy (non-hydrogen) atoms. The average Bonchev–Trinajstić information content (AvgIpc) is 2.96. The van der Waals surface area contributed by atoms with E-state index in [2.05, 4.69) is 4.98 Å². The molecule has 1 aliphatic heterocycles. The Hall–Kier alpha value is -1.88. The van der Waals surface area contributed by atoms with Crippen LogP contribution in [0, 0.1) is 6.92 Å². The fourth-order valence-electron chi connectivity index (χ4n) is 3.68. The van der Waals surface area contributed by atoms with Gasteiger partial charge in [0.1, 0.15) is 11.3 Å². The Morgan fingerprint density at radius 2 is 2.23 bits per heavy atom. The van der Waals surface area contributed by atoms with Crippen molar-refractivity contribution in [2.45, 2.75) is 44.8 Å². The van der Waals surface area contributed by atoms with Crippen LogP contribution in [-0.2, 0) is 4.74 Å². The van der Waals surface area contributed by atoms with Crippen LogP contribution in [0.3, 0.4) is 0 Å². The Bertz CT molecular complexity index is 707. The van der Waals surface area contributed by atoms with Gasteiger partial charge in [-0.1, -0.05) is 12.8 Å². The SMILES string of the molecule is Cc1ccn2cc(C(=O)N3CCO[C@H]4CCCC[C@H]43)nc2c1. The molecule has 1 amide bonds. The van der Waals surface area contributed by atoms with Gasteiger partial charge in [-0.3, -0.25) is 4.79 Å². The van der Waals surface area contributed by atoms with Crippen LogP contribution in [0.2, 0.25) is 0 Å². The third kappa shape index (κ3) is 2.29. The summed E-state index contributed by atoms with van der Waals surface area (Å²) in [7, 11) is 0. The number of fused-ring (bicyclic) bond motifs is 2. The molecule has 4 rings (SSSR count). The highest BCUT2D eigenvalue weighted by molar-refractivity contribution is 5.93. The molecule has 2 fully saturated rings. The van der Waals surface area contributed by atoms with Crippen LogP contribution in [0.1, 0.15) is 41.7 Å². The lowest BCUT2D eigenvalue weighted by Gasteiger charge is -2.43. The van der Waals surface area contributed by atoms with E-state index in [-0.39, 0.29) is 18.1 Å². The predicted molar refractivity (Wildman–Crippen MR) is 83.0 cm³/mol. The third-order valence-corrected chi connectivity index (χ3v) is 4.83. The van der Waals surface area contributed by atoms with Crippen molar-refractivity contribution >= 4 is 11.6 Å². The largest absolute Gasteiger partial charge is 0.374 e. The maximum absolute atomic E-state index is 12.9. The van der Waals surface area contributed by atoms with Crippen LogP contribution in [-0.4, -0.2) is 45.5 Å². The molecule has 2 aromatic heterocycles. The minimum absolute atomic E-state index is 0.0431. The van der Waals surface area contributed by atoms with Gasteiger partial charge in [0.05, 0.1) is 18.8 Å². The highest BCUT2D eigenvalue weighted by atomic mass is 16.5.